The molecule has 1 aromatic heterocycles. The number of carbonyl (C=O) groups excluding carboxylic acids is 2. The highest BCUT2D eigenvalue weighted by Gasteiger charge is 2.14. The zero-order valence-corrected chi connectivity index (χ0v) is 19.1. The molecule has 0 bridgehead atoms. The minimum Gasteiger partial charge on any atom is -0.352 e. The third kappa shape index (κ3) is 6.26. The summed E-state index contributed by atoms with van der Waals surface area (Å²) in [5.74, 6) is 1.32. The fourth-order valence-electron chi connectivity index (χ4n) is 3.10. The van der Waals surface area contributed by atoms with E-state index in [2.05, 4.69) is 29.3 Å². The van der Waals surface area contributed by atoms with Crippen molar-refractivity contribution in [2.75, 3.05) is 20.1 Å². The van der Waals surface area contributed by atoms with Crippen LogP contribution in [0.15, 0.2) is 53.1 Å². The van der Waals surface area contributed by atoms with Crippen molar-refractivity contribution >= 4 is 11.8 Å². The number of hydrogen-bond donors (Lipinski definition) is 1. The van der Waals surface area contributed by atoms with Crippen LogP contribution in [0.2, 0.25) is 0 Å². The van der Waals surface area contributed by atoms with E-state index >= 15 is 0 Å². The number of aryl methyl sites for hydroxylation is 1. The molecule has 0 radical (unpaired) electrons. The first-order chi connectivity index (χ1) is 15.3. The molecule has 7 nitrogen and oxygen atoms in total. The van der Waals surface area contributed by atoms with Gasteiger partial charge >= 0.3 is 0 Å². The molecule has 0 aliphatic heterocycles. The molecular weight excluding hydrogens is 404 g/mol. The van der Waals surface area contributed by atoms with Crippen molar-refractivity contribution in [3.05, 3.63) is 71.0 Å². The van der Waals surface area contributed by atoms with E-state index in [1.165, 1.54) is 0 Å². The Labute approximate surface area is 188 Å². The predicted molar refractivity (Wildman–Crippen MR) is 123 cm³/mol. The Balaban J connectivity index is 1.54. The van der Waals surface area contributed by atoms with Crippen molar-refractivity contribution in [2.24, 2.45) is 5.92 Å². The van der Waals surface area contributed by atoms with Crippen molar-refractivity contribution in [1.29, 1.82) is 0 Å². The summed E-state index contributed by atoms with van der Waals surface area (Å²) in [6, 6.07) is 14.6. The molecule has 0 aliphatic rings. The van der Waals surface area contributed by atoms with E-state index < -0.39 is 0 Å². The maximum Gasteiger partial charge on any atom is 0.257 e. The van der Waals surface area contributed by atoms with E-state index in [4.69, 9.17) is 4.52 Å². The number of carbonyl (C=O) groups is 2. The van der Waals surface area contributed by atoms with Gasteiger partial charge in [0.1, 0.15) is 0 Å². The quantitative estimate of drug-likeness (QED) is 0.547. The fraction of sp³-hybridized carbons (Fsp3) is 0.360. The Kier molecular flexibility index (Phi) is 7.76. The molecule has 1 heterocycles. The number of hydrogen-bond acceptors (Lipinski definition) is 5. The lowest BCUT2D eigenvalue weighted by atomic mass is 10.1. The lowest BCUT2D eigenvalue weighted by molar-refractivity contribution is 0.0795. The van der Waals surface area contributed by atoms with Crippen LogP contribution in [0, 0.1) is 12.8 Å². The monoisotopic (exact) mass is 434 g/mol. The topological polar surface area (TPSA) is 88.3 Å². The second kappa shape index (κ2) is 10.7. The Morgan fingerprint density at radius 2 is 1.69 bits per heavy atom. The summed E-state index contributed by atoms with van der Waals surface area (Å²) in [5, 5.41) is 6.94. The molecule has 0 saturated carbocycles. The first kappa shape index (κ1) is 23.2. The summed E-state index contributed by atoms with van der Waals surface area (Å²) in [5.41, 5.74) is 3.10. The number of likely N-dealkylation sites (N-methyl/N-ethyl adjacent to an activating group) is 1. The van der Waals surface area contributed by atoms with Gasteiger partial charge in [0.05, 0.1) is 0 Å². The minimum absolute atomic E-state index is 0.0454. The number of rotatable bonds is 9. The number of nitrogens with zero attached hydrogens (tertiary/aromatic N) is 3. The normalized spacial score (nSPS) is 10.9. The van der Waals surface area contributed by atoms with Crippen LogP contribution >= 0.6 is 0 Å². The Hall–Kier alpha value is -3.48. The largest absolute Gasteiger partial charge is 0.352 e. The van der Waals surface area contributed by atoms with Gasteiger partial charge in [-0.25, -0.2) is 0 Å². The number of aromatic nitrogens is 2. The summed E-state index contributed by atoms with van der Waals surface area (Å²) in [6.07, 6.45) is 1.42. The average Bonchev–Trinajstić information content (AvgIpc) is 3.26. The first-order valence-corrected chi connectivity index (χ1v) is 10.9. The average molecular weight is 435 g/mol. The number of benzene rings is 2. The second-order valence-corrected chi connectivity index (χ2v) is 8.37. The van der Waals surface area contributed by atoms with Crippen LogP contribution in [0.1, 0.15) is 52.4 Å². The molecule has 2 amide bonds. The maximum atomic E-state index is 12.5. The Morgan fingerprint density at radius 1 is 1.03 bits per heavy atom. The molecule has 0 saturated heterocycles. The highest BCUT2D eigenvalue weighted by Crippen LogP contribution is 2.18. The molecule has 32 heavy (non-hydrogen) atoms. The van der Waals surface area contributed by atoms with Crippen LogP contribution in [0.25, 0.3) is 11.5 Å². The van der Waals surface area contributed by atoms with Gasteiger partial charge in [0.25, 0.3) is 17.7 Å². The maximum absolute atomic E-state index is 12.5. The van der Waals surface area contributed by atoms with Crippen molar-refractivity contribution in [3.8, 4) is 11.5 Å². The van der Waals surface area contributed by atoms with Crippen LogP contribution in [0.4, 0.5) is 0 Å². The lowest BCUT2D eigenvalue weighted by Crippen LogP contribution is -2.29. The van der Waals surface area contributed by atoms with Gasteiger partial charge in [-0.3, -0.25) is 9.59 Å². The van der Waals surface area contributed by atoms with Crippen molar-refractivity contribution in [3.63, 3.8) is 0 Å². The second-order valence-electron chi connectivity index (χ2n) is 8.37. The molecule has 7 heteroatoms. The van der Waals surface area contributed by atoms with E-state index in [-0.39, 0.29) is 11.8 Å². The van der Waals surface area contributed by atoms with Crippen LogP contribution in [0.5, 0.6) is 0 Å². The zero-order chi connectivity index (χ0) is 23.1. The minimum atomic E-state index is -0.0929. The summed E-state index contributed by atoms with van der Waals surface area (Å²) in [7, 11) is 1.76. The van der Waals surface area contributed by atoms with Crippen LogP contribution in [-0.2, 0) is 6.42 Å². The number of nitrogens with one attached hydrogen (secondary N) is 1. The van der Waals surface area contributed by atoms with E-state index in [9.17, 15) is 9.59 Å². The van der Waals surface area contributed by atoms with E-state index in [1.54, 1.807) is 36.2 Å². The highest BCUT2D eigenvalue weighted by molar-refractivity contribution is 5.94. The molecule has 2 aromatic carbocycles. The SMILES string of the molecule is Cc1ccc(C(=O)N(C)CCc2noc(-c3ccc(C(=O)NCCC(C)C)cc3)n2)cc1. The number of amides is 2. The van der Waals surface area contributed by atoms with Crippen molar-refractivity contribution in [1.82, 2.24) is 20.4 Å². The van der Waals surface area contributed by atoms with E-state index in [0.717, 1.165) is 17.5 Å². The third-order valence-electron chi connectivity index (χ3n) is 5.19. The first-order valence-electron chi connectivity index (χ1n) is 10.9. The summed E-state index contributed by atoms with van der Waals surface area (Å²) in [4.78, 5) is 30.8. The van der Waals surface area contributed by atoms with Gasteiger partial charge < -0.3 is 14.7 Å². The van der Waals surface area contributed by atoms with Gasteiger partial charge in [0.15, 0.2) is 5.82 Å². The Bertz CT molecular complexity index is 1040. The molecule has 0 fully saturated rings. The van der Waals surface area contributed by atoms with E-state index in [1.807, 2.05) is 31.2 Å². The van der Waals surface area contributed by atoms with Crippen LogP contribution < -0.4 is 5.32 Å². The summed E-state index contributed by atoms with van der Waals surface area (Å²) >= 11 is 0. The molecular formula is C25H30N4O3. The summed E-state index contributed by atoms with van der Waals surface area (Å²) in [6.45, 7) is 7.37. The lowest BCUT2D eigenvalue weighted by Gasteiger charge is -2.16. The van der Waals surface area contributed by atoms with E-state index in [0.29, 0.717) is 48.3 Å². The van der Waals surface area contributed by atoms with Crippen LogP contribution in [-0.4, -0.2) is 47.0 Å². The molecule has 0 aliphatic carbocycles. The smallest absolute Gasteiger partial charge is 0.257 e. The van der Waals surface area contributed by atoms with Gasteiger partial charge in [-0.15, -0.1) is 0 Å². The zero-order valence-electron chi connectivity index (χ0n) is 19.1. The molecule has 0 spiro atoms. The van der Waals surface area contributed by atoms with Gasteiger partial charge in [-0.05, 0) is 55.7 Å². The molecule has 0 unspecified atom stereocenters. The van der Waals surface area contributed by atoms with Gasteiger partial charge in [-0.1, -0.05) is 36.7 Å². The molecule has 1 N–H and O–H groups in total. The van der Waals surface area contributed by atoms with Gasteiger partial charge in [0.2, 0.25) is 0 Å². The van der Waals surface area contributed by atoms with Crippen molar-refractivity contribution in [2.45, 2.75) is 33.6 Å². The Morgan fingerprint density at radius 3 is 2.34 bits per heavy atom. The highest BCUT2D eigenvalue weighted by atomic mass is 16.5. The standard InChI is InChI=1S/C25H30N4O3/c1-17(2)13-15-26-23(30)19-9-11-20(12-10-19)24-27-22(28-32-24)14-16-29(4)25(31)21-7-5-18(3)6-8-21/h5-12,17H,13-16H2,1-4H3,(H,26,30). The van der Waals surface area contributed by atoms with Gasteiger partial charge in [-0.2, -0.15) is 4.98 Å². The molecule has 168 valence electrons. The van der Waals surface area contributed by atoms with Crippen molar-refractivity contribution < 1.29 is 14.1 Å². The predicted octanol–water partition coefficient (Wildman–Crippen LogP) is 4.14. The van der Waals surface area contributed by atoms with Crippen LogP contribution in [0.3, 0.4) is 0 Å². The third-order valence-corrected chi connectivity index (χ3v) is 5.19. The summed E-state index contributed by atoms with van der Waals surface area (Å²) < 4.78 is 5.37. The molecule has 3 aromatic rings. The van der Waals surface area contributed by atoms with Gasteiger partial charge in [0, 0.05) is 43.2 Å². The molecule has 3 rings (SSSR count). The fourth-order valence-corrected chi connectivity index (χ4v) is 3.10. The molecule has 0 atom stereocenters.